The quantitative estimate of drug-likeness (QED) is 0.734. The minimum atomic E-state index is -0.223. The molecule has 22 heavy (non-hydrogen) atoms. The lowest BCUT2D eigenvalue weighted by atomic mass is 10.1. The van der Waals surface area contributed by atoms with Gasteiger partial charge in [0.1, 0.15) is 5.82 Å². The molecule has 1 aromatic carbocycles. The van der Waals surface area contributed by atoms with Crippen molar-refractivity contribution in [1.82, 2.24) is 4.98 Å². The number of methoxy groups -OCH3 is 1. The van der Waals surface area contributed by atoms with Crippen molar-refractivity contribution >= 4 is 17.5 Å². The molecule has 0 spiro atoms. The van der Waals surface area contributed by atoms with Crippen LogP contribution < -0.4 is 10.6 Å². The van der Waals surface area contributed by atoms with E-state index in [1.54, 1.807) is 6.20 Å². The Morgan fingerprint density at radius 2 is 1.91 bits per heavy atom. The van der Waals surface area contributed by atoms with Crippen LogP contribution in [0.15, 0.2) is 48.7 Å². The summed E-state index contributed by atoms with van der Waals surface area (Å²) in [6, 6.07) is 14.2. The van der Waals surface area contributed by atoms with Crippen LogP contribution in [0, 0.1) is 0 Å². The van der Waals surface area contributed by atoms with Gasteiger partial charge in [0.05, 0.1) is 25.4 Å². The molecule has 0 saturated heterocycles. The van der Waals surface area contributed by atoms with Crippen molar-refractivity contribution in [3.05, 3.63) is 54.2 Å². The second-order valence-corrected chi connectivity index (χ2v) is 4.85. The topological polar surface area (TPSA) is 63.2 Å². The van der Waals surface area contributed by atoms with E-state index >= 15 is 0 Å². The van der Waals surface area contributed by atoms with Gasteiger partial charge in [-0.1, -0.05) is 30.3 Å². The molecule has 0 radical (unpaired) electrons. The zero-order chi connectivity index (χ0) is 15.6. The largest absolute Gasteiger partial charge is 0.469 e. The molecule has 0 amide bonds. The Balaban J connectivity index is 1.71. The first kappa shape index (κ1) is 15.8. The monoisotopic (exact) mass is 299 g/mol. The molecule has 5 heteroatoms. The molecular weight excluding hydrogens is 278 g/mol. The maximum atomic E-state index is 11.0. The summed E-state index contributed by atoms with van der Waals surface area (Å²) in [6.45, 7) is 1.38. The normalized spacial score (nSPS) is 10.0. The zero-order valence-electron chi connectivity index (χ0n) is 12.7. The number of hydrogen-bond donors (Lipinski definition) is 2. The maximum Gasteiger partial charge on any atom is 0.307 e. The van der Waals surface area contributed by atoms with Crippen LogP contribution in [-0.2, 0) is 16.0 Å². The Labute approximate surface area is 130 Å². The van der Waals surface area contributed by atoms with Crippen LogP contribution in [-0.4, -0.2) is 31.2 Å². The lowest BCUT2D eigenvalue weighted by Gasteiger charge is -2.08. The number of aromatic nitrogens is 1. The van der Waals surface area contributed by atoms with Gasteiger partial charge in [0.25, 0.3) is 0 Å². The van der Waals surface area contributed by atoms with Gasteiger partial charge in [0.2, 0.25) is 0 Å². The third kappa shape index (κ3) is 5.44. The predicted molar refractivity (Wildman–Crippen MR) is 88.0 cm³/mol. The molecule has 0 unspecified atom stereocenters. The number of nitrogens with one attached hydrogen (secondary N) is 2. The molecule has 2 aromatic rings. The second-order valence-electron chi connectivity index (χ2n) is 4.85. The molecule has 0 fully saturated rings. The molecule has 0 aliphatic rings. The first-order valence-corrected chi connectivity index (χ1v) is 7.32. The fraction of sp³-hybridized carbons (Fsp3) is 0.294. The Kier molecular flexibility index (Phi) is 6.23. The van der Waals surface area contributed by atoms with E-state index in [-0.39, 0.29) is 5.97 Å². The lowest BCUT2D eigenvalue weighted by molar-refractivity contribution is -0.140. The number of anilines is 2. The van der Waals surface area contributed by atoms with Crippen LogP contribution in [0.5, 0.6) is 0 Å². The summed E-state index contributed by atoms with van der Waals surface area (Å²) in [5.74, 6) is 0.620. The molecule has 0 saturated carbocycles. The summed E-state index contributed by atoms with van der Waals surface area (Å²) >= 11 is 0. The molecule has 1 heterocycles. The van der Waals surface area contributed by atoms with E-state index in [9.17, 15) is 4.79 Å². The van der Waals surface area contributed by atoms with Gasteiger partial charge in [0.15, 0.2) is 0 Å². The molecule has 0 aliphatic heterocycles. The second kappa shape index (κ2) is 8.67. The van der Waals surface area contributed by atoms with Crippen molar-refractivity contribution in [3.63, 3.8) is 0 Å². The van der Waals surface area contributed by atoms with Gasteiger partial charge in [-0.15, -0.1) is 0 Å². The number of benzene rings is 1. The number of ether oxygens (including phenoxy) is 1. The Morgan fingerprint density at radius 1 is 1.09 bits per heavy atom. The van der Waals surface area contributed by atoms with E-state index in [4.69, 9.17) is 0 Å². The molecule has 1 aromatic heterocycles. The Hall–Kier alpha value is -2.56. The summed E-state index contributed by atoms with van der Waals surface area (Å²) in [6.07, 6.45) is 3.05. The number of hydrogen-bond acceptors (Lipinski definition) is 5. The van der Waals surface area contributed by atoms with Crippen LogP contribution >= 0.6 is 0 Å². The van der Waals surface area contributed by atoms with E-state index in [1.165, 1.54) is 12.7 Å². The summed E-state index contributed by atoms with van der Waals surface area (Å²) in [4.78, 5) is 15.3. The smallest absolute Gasteiger partial charge is 0.307 e. The highest BCUT2D eigenvalue weighted by Crippen LogP contribution is 2.10. The van der Waals surface area contributed by atoms with Crippen molar-refractivity contribution in [2.24, 2.45) is 0 Å². The Bertz CT molecular complexity index is 570. The van der Waals surface area contributed by atoms with Crippen molar-refractivity contribution < 1.29 is 9.53 Å². The summed E-state index contributed by atoms with van der Waals surface area (Å²) < 4.78 is 4.58. The summed E-state index contributed by atoms with van der Waals surface area (Å²) in [7, 11) is 1.39. The number of pyridine rings is 1. The molecule has 0 bridgehead atoms. The van der Waals surface area contributed by atoms with E-state index in [0.717, 1.165) is 24.5 Å². The number of carbonyl (C=O) groups excluding carboxylic acids is 1. The molecule has 0 aliphatic carbocycles. The molecule has 2 N–H and O–H groups in total. The predicted octanol–water partition coefficient (Wildman–Crippen LogP) is 2.71. The molecular formula is C17H21N3O2. The van der Waals surface area contributed by atoms with Crippen LogP contribution in [0.1, 0.15) is 12.0 Å². The first-order valence-electron chi connectivity index (χ1n) is 7.32. The van der Waals surface area contributed by atoms with E-state index < -0.39 is 0 Å². The van der Waals surface area contributed by atoms with Gasteiger partial charge in [0, 0.05) is 13.1 Å². The standard InChI is InChI=1S/C17H21N3O2/c1-22-17(21)10-12-18-15-7-8-16(20-13-15)19-11-9-14-5-3-2-4-6-14/h2-8,13,18H,9-12H2,1H3,(H,19,20). The van der Waals surface area contributed by atoms with Gasteiger partial charge in [-0.3, -0.25) is 4.79 Å². The minimum Gasteiger partial charge on any atom is -0.469 e. The number of nitrogens with zero attached hydrogens (tertiary/aromatic N) is 1. The third-order valence-corrected chi connectivity index (χ3v) is 3.21. The SMILES string of the molecule is COC(=O)CCNc1ccc(NCCc2ccccc2)nc1. The minimum absolute atomic E-state index is 0.223. The fourth-order valence-corrected chi connectivity index (χ4v) is 1.99. The average molecular weight is 299 g/mol. The highest BCUT2D eigenvalue weighted by molar-refractivity contribution is 5.69. The van der Waals surface area contributed by atoms with E-state index in [1.807, 2.05) is 30.3 Å². The van der Waals surface area contributed by atoms with Crippen molar-refractivity contribution in [2.75, 3.05) is 30.8 Å². The van der Waals surface area contributed by atoms with Gasteiger partial charge >= 0.3 is 5.97 Å². The average Bonchev–Trinajstić information content (AvgIpc) is 2.57. The lowest BCUT2D eigenvalue weighted by Crippen LogP contribution is -2.10. The van der Waals surface area contributed by atoms with E-state index in [0.29, 0.717) is 13.0 Å². The molecule has 116 valence electrons. The summed E-state index contributed by atoms with van der Waals surface area (Å²) in [5.41, 5.74) is 2.19. The maximum absolute atomic E-state index is 11.0. The highest BCUT2D eigenvalue weighted by atomic mass is 16.5. The number of carbonyl (C=O) groups is 1. The third-order valence-electron chi connectivity index (χ3n) is 3.21. The van der Waals surface area contributed by atoms with Crippen LogP contribution in [0.2, 0.25) is 0 Å². The zero-order valence-corrected chi connectivity index (χ0v) is 12.7. The van der Waals surface area contributed by atoms with Gasteiger partial charge < -0.3 is 15.4 Å². The van der Waals surface area contributed by atoms with Crippen LogP contribution in [0.4, 0.5) is 11.5 Å². The molecule has 2 rings (SSSR count). The Morgan fingerprint density at radius 3 is 2.59 bits per heavy atom. The van der Waals surface area contributed by atoms with Gasteiger partial charge in [-0.25, -0.2) is 4.98 Å². The summed E-state index contributed by atoms with van der Waals surface area (Å²) in [5, 5.41) is 6.42. The molecule has 0 atom stereocenters. The highest BCUT2D eigenvalue weighted by Gasteiger charge is 2.00. The van der Waals surface area contributed by atoms with Crippen LogP contribution in [0.25, 0.3) is 0 Å². The van der Waals surface area contributed by atoms with Crippen molar-refractivity contribution in [2.45, 2.75) is 12.8 Å². The fourth-order valence-electron chi connectivity index (χ4n) is 1.99. The van der Waals surface area contributed by atoms with Crippen molar-refractivity contribution in [1.29, 1.82) is 0 Å². The number of rotatable bonds is 8. The van der Waals surface area contributed by atoms with Gasteiger partial charge in [-0.2, -0.15) is 0 Å². The van der Waals surface area contributed by atoms with Gasteiger partial charge in [-0.05, 0) is 24.1 Å². The molecule has 5 nitrogen and oxygen atoms in total. The van der Waals surface area contributed by atoms with E-state index in [2.05, 4.69) is 32.5 Å². The first-order chi connectivity index (χ1) is 10.8. The number of esters is 1. The van der Waals surface area contributed by atoms with Crippen molar-refractivity contribution in [3.8, 4) is 0 Å². The van der Waals surface area contributed by atoms with Crippen LogP contribution in [0.3, 0.4) is 0 Å².